The molecule has 23 heavy (non-hydrogen) atoms. The van der Waals surface area contributed by atoms with Crippen molar-refractivity contribution in [1.29, 1.82) is 0 Å². The second-order valence-corrected chi connectivity index (χ2v) is 5.01. The standard InChI is InChI=1S/C16H13N7/c1-12-9-15(23(21-12)13-5-3-2-4-6-13)22-11-19-20-16(22)14-10-17-7-8-18-14/h2-11H,1H3. The Balaban J connectivity index is 1.89. The van der Waals surface area contributed by atoms with Crippen molar-refractivity contribution in [3.8, 4) is 23.0 Å². The summed E-state index contributed by atoms with van der Waals surface area (Å²) in [4.78, 5) is 8.40. The summed E-state index contributed by atoms with van der Waals surface area (Å²) in [5, 5.41) is 12.8. The number of rotatable bonds is 3. The molecule has 0 aliphatic heterocycles. The lowest BCUT2D eigenvalue weighted by Gasteiger charge is -2.09. The van der Waals surface area contributed by atoms with Crippen molar-refractivity contribution in [3.05, 3.63) is 67.0 Å². The maximum absolute atomic E-state index is 4.58. The summed E-state index contributed by atoms with van der Waals surface area (Å²) in [6.07, 6.45) is 6.58. The molecule has 0 saturated heterocycles. The molecule has 0 N–H and O–H groups in total. The lowest BCUT2D eigenvalue weighted by Crippen LogP contribution is -2.06. The zero-order valence-electron chi connectivity index (χ0n) is 12.4. The van der Waals surface area contributed by atoms with Gasteiger partial charge in [0.25, 0.3) is 0 Å². The minimum Gasteiger partial charge on any atom is -0.264 e. The molecule has 0 aliphatic carbocycles. The second-order valence-electron chi connectivity index (χ2n) is 5.01. The van der Waals surface area contributed by atoms with Gasteiger partial charge >= 0.3 is 0 Å². The Morgan fingerprint density at radius 2 is 1.91 bits per heavy atom. The average molecular weight is 303 g/mol. The first-order chi connectivity index (χ1) is 11.3. The summed E-state index contributed by atoms with van der Waals surface area (Å²) in [5.74, 6) is 1.47. The lowest BCUT2D eigenvalue weighted by molar-refractivity contribution is 0.812. The number of aromatic nitrogens is 7. The smallest absolute Gasteiger partial charge is 0.189 e. The van der Waals surface area contributed by atoms with Crippen LogP contribution in [0.1, 0.15) is 5.69 Å². The third-order valence-corrected chi connectivity index (χ3v) is 3.40. The van der Waals surface area contributed by atoms with Crippen LogP contribution in [0.4, 0.5) is 0 Å². The van der Waals surface area contributed by atoms with Crippen molar-refractivity contribution in [1.82, 2.24) is 34.5 Å². The Bertz CT molecular complexity index is 925. The highest BCUT2D eigenvalue weighted by molar-refractivity contribution is 5.52. The third kappa shape index (κ3) is 2.38. The van der Waals surface area contributed by atoms with Crippen LogP contribution in [0.2, 0.25) is 0 Å². The van der Waals surface area contributed by atoms with Crippen molar-refractivity contribution in [2.45, 2.75) is 6.92 Å². The maximum Gasteiger partial charge on any atom is 0.189 e. The highest BCUT2D eigenvalue weighted by Gasteiger charge is 2.15. The molecule has 7 heteroatoms. The molecule has 4 rings (SSSR count). The Hall–Kier alpha value is -3.35. The lowest BCUT2D eigenvalue weighted by atomic mass is 10.3. The van der Waals surface area contributed by atoms with Crippen LogP contribution < -0.4 is 0 Å². The number of hydrogen-bond acceptors (Lipinski definition) is 5. The van der Waals surface area contributed by atoms with Crippen molar-refractivity contribution in [3.63, 3.8) is 0 Å². The first kappa shape index (κ1) is 13.3. The molecule has 1 aromatic carbocycles. The number of aryl methyl sites for hydroxylation is 1. The second kappa shape index (κ2) is 5.45. The van der Waals surface area contributed by atoms with Gasteiger partial charge in [-0.15, -0.1) is 10.2 Å². The minimum absolute atomic E-state index is 0.621. The quantitative estimate of drug-likeness (QED) is 0.580. The first-order valence-electron chi connectivity index (χ1n) is 7.12. The Kier molecular flexibility index (Phi) is 3.16. The molecular formula is C16H13N7. The Morgan fingerprint density at radius 3 is 2.70 bits per heavy atom. The summed E-state index contributed by atoms with van der Waals surface area (Å²) in [6, 6.07) is 11.9. The fourth-order valence-electron chi connectivity index (χ4n) is 2.41. The summed E-state index contributed by atoms with van der Waals surface area (Å²) < 4.78 is 3.72. The maximum atomic E-state index is 4.58. The number of para-hydroxylation sites is 1. The van der Waals surface area contributed by atoms with E-state index in [0.717, 1.165) is 17.2 Å². The van der Waals surface area contributed by atoms with E-state index in [1.807, 2.05) is 52.6 Å². The predicted octanol–water partition coefficient (Wildman–Crippen LogP) is 2.22. The molecular weight excluding hydrogens is 290 g/mol. The van der Waals surface area contributed by atoms with Gasteiger partial charge in [0.05, 0.1) is 17.6 Å². The summed E-state index contributed by atoms with van der Waals surface area (Å²) >= 11 is 0. The molecule has 0 aliphatic rings. The van der Waals surface area contributed by atoms with Crippen LogP contribution in [0.3, 0.4) is 0 Å². The molecule has 0 amide bonds. The highest BCUT2D eigenvalue weighted by Crippen LogP contribution is 2.21. The fraction of sp³-hybridized carbons (Fsp3) is 0.0625. The van der Waals surface area contributed by atoms with E-state index >= 15 is 0 Å². The van der Waals surface area contributed by atoms with Gasteiger partial charge < -0.3 is 0 Å². The molecule has 0 bridgehead atoms. The van der Waals surface area contributed by atoms with Gasteiger partial charge in [-0.05, 0) is 19.1 Å². The van der Waals surface area contributed by atoms with E-state index < -0.39 is 0 Å². The zero-order valence-corrected chi connectivity index (χ0v) is 12.4. The molecule has 0 radical (unpaired) electrons. The molecule has 0 spiro atoms. The monoisotopic (exact) mass is 303 g/mol. The highest BCUT2D eigenvalue weighted by atomic mass is 15.4. The van der Waals surface area contributed by atoms with Crippen LogP contribution in [0.25, 0.3) is 23.0 Å². The van der Waals surface area contributed by atoms with Crippen LogP contribution in [-0.4, -0.2) is 34.5 Å². The summed E-state index contributed by atoms with van der Waals surface area (Å²) in [7, 11) is 0. The molecule has 3 aromatic heterocycles. The van der Waals surface area contributed by atoms with E-state index in [0.29, 0.717) is 11.5 Å². The fourth-order valence-corrected chi connectivity index (χ4v) is 2.41. The van der Waals surface area contributed by atoms with E-state index in [1.165, 1.54) is 0 Å². The average Bonchev–Trinajstić information content (AvgIpc) is 3.22. The zero-order chi connectivity index (χ0) is 15.6. The largest absolute Gasteiger partial charge is 0.264 e. The number of nitrogens with zero attached hydrogens (tertiary/aromatic N) is 7. The number of benzene rings is 1. The van der Waals surface area contributed by atoms with E-state index in [4.69, 9.17) is 0 Å². The van der Waals surface area contributed by atoms with Gasteiger partial charge in [-0.2, -0.15) is 5.10 Å². The van der Waals surface area contributed by atoms with Gasteiger partial charge in [0.15, 0.2) is 5.82 Å². The van der Waals surface area contributed by atoms with Gasteiger partial charge in [0.1, 0.15) is 17.8 Å². The van der Waals surface area contributed by atoms with E-state index in [9.17, 15) is 0 Å². The minimum atomic E-state index is 0.621. The van der Waals surface area contributed by atoms with Crippen LogP contribution in [-0.2, 0) is 0 Å². The normalized spacial score (nSPS) is 10.8. The van der Waals surface area contributed by atoms with Crippen LogP contribution in [0, 0.1) is 6.92 Å². The third-order valence-electron chi connectivity index (χ3n) is 3.40. The SMILES string of the molecule is Cc1cc(-n2cnnc2-c2cnccn2)n(-c2ccccc2)n1. The molecule has 0 saturated carbocycles. The predicted molar refractivity (Wildman–Crippen MR) is 84.2 cm³/mol. The van der Waals surface area contributed by atoms with E-state index in [2.05, 4.69) is 25.3 Å². The van der Waals surface area contributed by atoms with E-state index in [1.54, 1.807) is 24.9 Å². The Morgan fingerprint density at radius 1 is 1.04 bits per heavy atom. The van der Waals surface area contributed by atoms with Gasteiger partial charge in [0.2, 0.25) is 0 Å². The number of hydrogen-bond donors (Lipinski definition) is 0. The summed E-state index contributed by atoms with van der Waals surface area (Å²) in [6.45, 7) is 1.95. The van der Waals surface area contributed by atoms with Crippen LogP contribution >= 0.6 is 0 Å². The first-order valence-corrected chi connectivity index (χ1v) is 7.12. The van der Waals surface area contributed by atoms with Crippen molar-refractivity contribution in [2.24, 2.45) is 0 Å². The van der Waals surface area contributed by atoms with Crippen molar-refractivity contribution in [2.75, 3.05) is 0 Å². The molecule has 7 nitrogen and oxygen atoms in total. The van der Waals surface area contributed by atoms with Crippen molar-refractivity contribution < 1.29 is 0 Å². The molecule has 4 aromatic rings. The molecule has 112 valence electrons. The molecule has 0 fully saturated rings. The Labute approximate surface area is 132 Å². The molecule has 0 atom stereocenters. The van der Waals surface area contributed by atoms with Gasteiger partial charge in [-0.1, -0.05) is 18.2 Å². The van der Waals surface area contributed by atoms with Crippen LogP contribution in [0.15, 0.2) is 61.3 Å². The van der Waals surface area contributed by atoms with Crippen molar-refractivity contribution >= 4 is 0 Å². The summed E-state index contributed by atoms with van der Waals surface area (Å²) in [5.41, 5.74) is 2.53. The van der Waals surface area contributed by atoms with E-state index in [-0.39, 0.29) is 0 Å². The van der Waals surface area contributed by atoms with Crippen LogP contribution in [0.5, 0.6) is 0 Å². The molecule has 3 heterocycles. The van der Waals surface area contributed by atoms with Gasteiger partial charge in [0, 0.05) is 18.5 Å². The van der Waals surface area contributed by atoms with Gasteiger partial charge in [-0.3, -0.25) is 9.55 Å². The van der Waals surface area contributed by atoms with Gasteiger partial charge in [-0.25, -0.2) is 9.67 Å². The topological polar surface area (TPSA) is 74.3 Å². The molecule has 0 unspecified atom stereocenters.